The van der Waals surface area contributed by atoms with Gasteiger partial charge in [0.15, 0.2) is 0 Å². The van der Waals surface area contributed by atoms with Crippen molar-refractivity contribution in [2.24, 2.45) is 5.73 Å². The third kappa shape index (κ3) is 0.935. The highest BCUT2D eigenvalue weighted by Gasteiger charge is 2.13. The predicted octanol–water partition coefficient (Wildman–Crippen LogP) is 0.854. The molecule has 0 aromatic carbocycles. The topological polar surface area (TPSA) is 53.8 Å². The predicted molar refractivity (Wildman–Crippen MR) is 44.6 cm³/mol. The molecule has 3 nitrogen and oxygen atoms in total. The van der Waals surface area contributed by atoms with Crippen LogP contribution in [0.15, 0.2) is 12.3 Å². The van der Waals surface area contributed by atoms with Crippen molar-refractivity contribution in [1.82, 2.24) is 10.3 Å². The SMILES string of the molecule is Cc1cc2c([nH]1)C(N)NC=C2. The van der Waals surface area contributed by atoms with Gasteiger partial charge in [-0.3, -0.25) is 0 Å². The van der Waals surface area contributed by atoms with Gasteiger partial charge in [-0.05, 0) is 25.3 Å². The van der Waals surface area contributed by atoms with Crippen molar-refractivity contribution in [2.45, 2.75) is 13.1 Å². The molecule has 0 radical (unpaired) electrons. The fourth-order valence-electron chi connectivity index (χ4n) is 1.35. The lowest BCUT2D eigenvalue weighted by molar-refractivity contribution is 0.629. The summed E-state index contributed by atoms with van der Waals surface area (Å²) in [7, 11) is 0. The van der Waals surface area contributed by atoms with E-state index in [0.29, 0.717) is 0 Å². The van der Waals surface area contributed by atoms with Crippen LogP contribution >= 0.6 is 0 Å². The summed E-state index contributed by atoms with van der Waals surface area (Å²) in [6.07, 6.45) is 3.81. The van der Waals surface area contributed by atoms with Crippen LogP contribution in [0.5, 0.6) is 0 Å². The number of rotatable bonds is 0. The quantitative estimate of drug-likeness (QED) is 0.512. The average Bonchev–Trinajstić information content (AvgIpc) is 2.31. The van der Waals surface area contributed by atoms with E-state index in [2.05, 4.69) is 16.4 Å². The molecular weight excluding hydrogens is 138 g/mol. The number of hydrogen-bond donors (Lipinski definition) is 3. The third-order valence-electron chi connectivity index (χ3n) is 1.86. The highest BCUT2D eigenvalue weighted by atomic mass is 15.0. The summed E-state index contributed by atoms with van der Waals surface area (Å²) in [4.78, 5) is 3.21. The monoisotopic (exact) mass is 149 g/mol. The molecular formula is C8H11N3. The van der Waals surface area contributed by atoms with Crippen molar-refractivity contribution in [3.8, 4) is 0 Å². The Morgan fingerprint density at radius 2 is 2.36 bits per heavy atom. The van der Waals surface area contributed by atoms with Crippen LogP contribution in [0.4, 0.5) is 0 Å². The van der Waals surface area contributed by atoms with Gasteiger partial charge >= 0.3 is 0 Å². The van der Waals surface area contributed by atoms with Crippen LogP contribution in [0.2, 0.25) is 0 Å². The Bertz CT molecular complexity index is 298. The van der Waals surface area contributed by atoms with Gasteiger partial charge in [0, 0.05) is 11.3 Å². The van der Waals surface area contributed by atoms with E-state index >= 15 is 0 Å². The number of nitrogens with one attached hydrogen (secondary N) is 2. The molecule has 0 fully saturated rings. The minimum atomic E-state index is -0.0799. The summed E-state index contributed by atoms with van der Waals surface area (Å²) in [6.45, 7) is 2.03. The van der Waals surface area contributed by atoms with E-state index in [-0.39, 0.29) is 6.17 Å². The molecule has 1 aromatic rings. The maximum atomic E-state index is 5.77. The molecule has 58 valence electrons. The van der Waals surface area contributed by atoms with E-state index < -0.39 is 0 Å². The van der Waals surface area contributed by atoms with Gasteiger partial charge in [0.25, 0.3) is 0 Å². The Morgan fingerprint density at radius 3 is 3.09 bits per heavy atom. The highest BCUT2D eigenvalue weighted by molar-refractivity contribution is 5.56. The number of aromatic nitrogens is 1. The van der Waals surface area contributed by atoms with E-state index in [9.17, 15) is 0 Å². The van der Waals surface area contributed by atoms with Gasteiger partial charge in [-0.2, -0.15) is 0 Å². The number of nitrogens with two attached hydrogens (primary N) is 1. The number of aromatic amines is 1. The Hall–Kier alpha value is -1.22. The summed E-state index contributed by atoms with van der Waals surface area (Å²) >= 11 is 0. The van der Waals surface area contributed by atoms with Crippen LogP contribution in [0.3, 0.4) is 0 Å². The lowest BCUT2D eigenvalue weighted by Gasteiger charge is -2.15. The Labute approximate surface area is 65.3 Å². The molecule has 0 amide bonds. The lowest BCUT2D eigenvalue weighted by Crippen LogP contribution is -2.27. The van der Waals surface area contributed by atoms with E-state index in [1.165, 1.54) is 5.56 Å². The Morgan fingerprint density at radius 1 is 1.55 bits per heavy atom. The van der Waals surface area contributed by atoms with Crippen LogP contribution in [-0.4, -0.2) is 4.98 Å². The largest absolute Gasteiger partial charge is 0.371 e. The molecule has 2 heterocycles. The smallest absolute Gasteiger partial charge is 0.116 e. The summed E-state index contributed by atoms with van der Waals surface area (Å²) < 4.78 is 0. The van der Waals surface area contributed by atoms with Gasteiger partial charge < -0.3 is 16.0 Å². The number of H-pyrrole nitrogens is 1. The first-order valence-corrected chi connectivity index (χ1v) is 3.65. The van der Waals surface area contributed by atoms with E-state index in [1.54, 1.807) is 0 Å². The van der Waals surface area contributed by atoms with Crippen molar-refractivity contribution in [3.63, 3.8) is 0 Å². The summed E-state index contributed by atoms with van der Waals surface area (Å²) in [5.74, 6) is 0. The van der Waals surface area contributed by atoms with Crippen molar-refractivity contribution >= 4 is 6.08 Å². The fraction of sp³-hybridized carbons (Fsp3) is 0.250. The molecule has 0 saturated heterocycles. The second-order valence-electron chi connectivity index (χ2n) is 2.80. The highest BCUT2D eigenvalue weighted by Crippen LogP contribution is 2.19. The molecule has 1 unspecified atom stereocenters. The molecule has 0 saturated carbocycles. The molecule has 0 spiro atoms. The first-order chi connectivity index (χ1) is 5.27. The normalized spacial score (nSPS) is 21.1. The second kappa shape index (κ2) is 2.13. The van der Waals surface area contributed by atoms with Gasteiger partial charge in [0.1, 0.15) is 6.17 Å². The molecule has 2 rings (SSSR count). The van der Waals surface area contributed by atoms with Crippen molar-refractivity contribution in [2.75, 3.05) is 0 Å². The number of aryl methyl sites for hydroxylation is 1. The molecule has 3 heteroatoms. The zero-order chi connectivity index (χ0) is 7.84. The zero-order valence-electron chi connectivity index (χ0n) is 6.39. The van der Waals surface area contributed by atoms with Gasteiger partial charge in [0.05, 0.1) is 5.69 Å². The van der Waals surface area contributed by atoms with Gasteiger partial charge in [0.2, 0.25) is 0 Å². The molecule has 0 bridgehead atoms. The summed E-state index contributed by atoms with van der Waals surface area (Å²) in [6, 6.07) is 2.09. The maximum absolute atomic E-state index is 5.77. The minimum absolute atomic E-state index is 0.0799. The van der Waals surface area contributed by atoms with Crippen LogP contribution < -0.4 is 11.1 Å². The lowest BCUT2D eigenvalue weighted by atomic mass is 10.1. The molecule has 1 atom stereocenters. The van der Waals surface area contributed by atoms with Crippen LogP contribution in [0.1, 0.15) is 23.1 Å². The first kappa shape index (κ1) is 6.49. The van der Waals surface area contributed by atoms with Gasteiger partial charge in [-0.25, -0.2) is 0 Å². The van der Waals surface area contributed by atoms with Crippen LogP contribution in [0.25, 0.3) is 6.08 Å². The zero-order valence-corrected chi connectivity index (χ0v) is 6.39. The van der Waals surface area contributed by atoms with E-state index in [4.69, 9.17) is 5.73 Å². The number of hydrogen-bond acceptors (Lipinski definition) is 2. The second-order valence-corrected chi connectivity index (χ2v) is 2.80. The molecule has 1 aliphatic heterocycles. The summed E-state index contributed by atoms with van der Waals surface area (Å²) in [5.41, 5.74) is 9.18. The molecule has 1 aromatic heterocycles. The minimum Gasteiger partial charge on any atom is -0.371 e. The van der Waals surface area contributed by atoms with E-state index in [0.717, 1.165) is 11.4 Å². The van der Waals surface area contributed by atoms with Crippen molar-refractivity contribution < 1.29 is 0 Å². The van der Waals surface area contributed by atoms with Crippen LogP contribution in [-0.2, 0) is 0 Å². The third-order valence-corrected chi connectivity index (χ3v) is 1.86. The van der Waals surface area contributed by atoms with Crippen molar-refractivity contribution in [1.29, 1.82) is 0 Å². The van der Waals surface area contributed by atoms with Crippen LogP contribution in [0, 0.1) is 6.92 Å². The molecule has 4 N–H and O–H groups in total. The summed E-state index contributed by atoms with van der Waals surface area (Å²) in [5, 5.41) is 3.02. The molecule has 0 aliphatic carbocycles. The molecule has 1 aliphatic rings. The number of fused-ring (bicyclic) bond motifs is 1. The van der Waals surface area contributed by atoms with Gasteiger partial charge in [-0.1, -0.05) is 0 Å². The standard InChI is InChI=1S/C8H11N3/c1-5-4-6-2-3-10-8(9)7(6)11-5/h2-4,8,10-11H,9H2,1H3. The average molecular weight is 149 g/mol. The van der Waals surface area contributed by atoms with Crippen molar-refractivity contribution in [3.05, 3.63) is 29.2 Å². The maximum Gasteiger partial charge on any atom is 0.116 e. The first-order valence-electron chi connectivity index (χ1n) is 3.65. The Kier molecular flexibility index (Phi) is 1.26. The fourth-order valence-corrected chi connectivity index (χ4v) is 1.35. The van der Waals surface area contributed by atoms with E-state index in [1.807, 2.05) is 19.2 Å². The van der Waals surface area contributed by atoms with Gasteiger partial charge in [-0.15, -0.1) is 0 Å². The Balaban J connectivity index is 2.53. The molecule has 11 heavy (non-hydrogen) atoms.